The maximum Gasteiger partial charge on any atom is 0.252 e. The van der Waals surface area contributed by atoms with Crippen molar-refractivity contribution in [3.8, 4) is 23.3 Å². The van der Waals surface area contributed by atoms with Gasteiger partial charge in [-0.15, -0.1) is 15.3 Å². The Bertz CT molecular complexity index is 1400. The van der Waals surface area contributed by atoms with Crippen molar-refractivity contribution < 1.29 is 0 Å². The number of H-pyrrole nitrogens is 1. The van der Waals surface area contributed by atoms with Crippen LogP contribution in [0.5, 0.6) is 0 Å². The number of benzene rings is 1. The Morgan fingerprint density at radius 3 is 2.63 bits per heavy atom. The van der Waals surface area contributed by atoms with Crippen LogP contribution in [0.2, 0.25) is 0 Å². The van der Waals surface area contributed by atoms with Gasteiger partial charge in [-0.3, -0.25) is 5.10 Å². The molecule has 0 aliphatic heterocycles. The zero-order valence-corrected chi connectivity index (χ0v) is 15.7. The van der Waals surface area contributed by atoms with Crippen LogP contribution < -0.4 is 0 Å². The fourth-order valence-electron chi connectivity index (χ4n) is 2.98. The molecule has 0 saturated carbocycles. The van der Waals surface area contributed by atoms with Gasteiger partial charge in [0.2, 0.25) is 5.65 Å². The van der Waals surface area contributed by atoms with Crippen molar-refractivity contribution in [3.05, 3.63) is 66.4 Å². The summed E-state index contributed by atoms with van der Waals surface area (Å²) < 4.78 is 2.91. The molecule has 11 heteroatoms. The van der Waals surface area contributed by atoms with Gasteiger partial charge >= 0.3 is 0 Å². The van der Waals surface area contributed by atoms with E-state index in [1.165, 1.54) is 10.9 Å². The summed E-state index contributed by atoms with van der Waals surface area (Å²) >= 11 is 0. The molecule has 0 amide bonds. The molecule has 0 aliphatic rings. The van der Waals surface area contributed by atoms with E-state index in [9.17, 15) is 5.26 Å². The lowest BCUT2D eigenvalue weighted by atomic mass is 10.1. The Labute approximate surface area is 169 Å². The van der Waals surface area contributed by atoms with Crippen LogP contribution in [0.25, 0.3) is 22.9 Å². The fraction of sp³-hybridized carbons (Fsp3) is 0.0526. The lowest BCUT2D eigenvalue weighted by Crippen LogP contribution is -2.01. The van der Waals surface area contributed by atoms with Crippen molar-refractivity contribution in [1.82, 2.24) is 39.6 Å². The lowest BCUT2D eigenvalue weighted by Gasteiger charge is -2.01. The highest BCUT2D eigenvalue weighted by Crippen LogP contribution is 2.34. The third-order valence-corrected chi connectivity index (χ3v) is 4.29. The van der Waals surface area contributed by atoms with E-state index in [4.69, 9.17) is 0 Å². The maximum absolute atomic E-state index is 9.47. The first-order chi connectivity index (χ1) is 14.7. The molecule has 0 fully saturated rings. The zero-order valence-electron chi connectivity index (χ0n) is 15.7. The van der Waals surface area contributed by atoms with Crippen LogP contribution in [0.3, 0.4) is 0 Å². The number of aryl methyl sites for hydroxylation is 1. The molecule has 0 spiro atoms. The molecule has 0 unspecified atom stereocenters. The molecule has 11 nitrogen and oxygen atoms in total. The maximum atomic E-state index is 9.47. The third kappa shape index (κ3) is 2.89. The number of fused-ring (bicyclic) bond motifs is 1. The molecular formula is C19H13N11. The SMILES string of the molecule is Cc1nc2c(N=Nc3c(C#N)cnn3-c3ncccn3)c(-c3ccccc3)[nH]n2n1. The second-order valence-corrected chi connectivity index (χ2v) is 6.25. The normalized spacial score (nSPS) is 11.3. The van der Waals surface area contributed by atoms with E-state index in [-0.39, 0.29) is 17.3 Å². The highest BCUT2D eigenvalue weighted by molar-refractivity contribution is 5.82. The smallest absolute Gasteiger partial charge is 0.252 e. The molecule has 1 aromatic carbocycles. The first-order valence-electron chi connectivity index (χ1n) is 8.92. The monoisotopic (exact) mass is 395 g/mol. The first-order valence-corrected chi connectivity index (χ1v) is 8.92. The molecule has 30 heavy (non-hydrogen) atoms. The Hall–Kier alpha value is -4.72. The van der Waals surface area contributed by atoms with Crippen LogP contribution in [0, 0.1) is 18.3 Å². The first kappa shape index (κ1) is 17.4. The van der Waals surface area contributed by atoms with E-state index in [0.29, 0.717) is 22.9 Å². The van der Waals surface area contributed by atoms with Crippen LogP contribution in [0.15, 0.2) is 65.2 Å². The summed E-state index contributed by atoms with van der Waals surface area (Å²) in [4.78, 5) is 12.8. The van der Waals surface area contributed by atoms with E-state index < -0.39 is 0 Å². The molecule has 0 saturated heterocycles. The molecule has 1 N–H and O–H groups in total. The molecule has 0 radical (unpaired) electrons. The number of aromatic nitrogens is 8. The van der Waals surface area contributed by atoms with E-state index in [0.717, 1.165) is 5.56 Å². The molecule has 5 rings (SSSR count). The average Bonchev–Trinajstić information content (AvgIpc) is 3.45. The van der Waals surface area contributed by atoms with Gasteiger partial charge < -0.3 is 0 Å². The second-order valence-electron chi connectivity index (χ2n) is 6.25. The van der Waals surface area contributed by atoms with Crippen molar-refractivity contribution in [1.29, 1.82) is 5.26 Å². The highest BCUT2D eigenvalue weighted by atomic mass is 15.5. The molecule has 4 heterocycles. The van der Waals surface area contributed by atoms with Crippen LogP contribution >= 0.6 is 0 Å². The van der Waals surface area contributed by atoms with E-state index in [1.54, 1.807) is 30.0 Å². The number of hydrogen-bond acceptors (Lipinski definition) is 8. The lowest BCUT2D eigenvalue weighted by molar-refractivity contribution is 0.803. The van der Waals surface area contributed by atoms with Crippen LogP contribution in [-0.2, 0) is 0 Å². The van der Waals surface area contributed by atoms with E-state index in [1.807, 2.05) is 30.3 Å². The number of nitrogens with one attached hydrogen (secondary N) is 1. The average molecular weight is 395 g/mol. The number of aromatic amines is 1. The van der Waals surface area contributed by atoms with Gasteiger partial charge in [-0.1, -0.05) is 30.3 Å². The third-order valence-electron chi connectivity index (χ3n) is 4.29. The Morgan fingerprint density at radius 2 is 1.87 bits per heavy atom. The molecule has 5 aromatic rings. The minimum absolute atomic E-state index is 0.221. The summed E-state index contributed by atoms with van der Waals surface area (Å²) in [5.41, 5.74) is 2.87. The van der Waals surface area contributed by atoms with E-state index in [2.05, 4.69) is 46.5 Å². The molecular weight excluding hydrogens is 382 g/mol. The van der Waals surface area contributed by atoms with Gasteiger partial charge in [0.05, 0.1) is 11.9 Å². The fourth-order valence-corrected chi connectivity index (χ4v) is 2.98. The highest BCUT2D eigenvalue weighted by Gasteiger charge is 2.18. The quantitative estimate of drug-likeness (QED) is 0.463. The van der Waals surface area contributed by atoms with Gasteiger partial charge in [0.15, 0.2) is 11.5 Å². The second kappa shape index (κ2) is 7.02. The number of hydrogen-bond donors (Lipinski definition) is 1. The molecule has 0 bridgehead atoms. The molecule has 0 aliphatic carbocycles. The number of azo groups is 1. The van der Waals surface area contributed by atoms with Gasteiger partial charge in [0.25, 0.3) is 5.95 Å². The van der Waals surface area contributed by atoms with Crippen molar-refractivity contribution in [2.75, 3.05) is 0 Å². The Morgan fingerprint density at radius 1 is 1.07 bits per heavy atom. The summed E-state index contributed by atoms with van der Waals surface area (Å²) in [6, 6.07) is 13.4. The van der Waals surface area contributed by atoms with Crippen molar-refractivity contribution in [2.45, 2.75) is 6.92 Å². The largest absolute Gasteiger partial charge is 0.273 e. The van der Waals surface area contributed by atoms with Crippen molar-refractivity contribution >= 4 is 17.2 Å². The van der Waals surface area contributed by atoms with Gasteiger partial charge in [-0.25, -0.2) is 15.0 Å². The summed E-state index contributed by atoms with van der Waals surface area (Å²) in [6.45, 7) is 1.79. The van der Waals surface area contributed by atoms with Gasteiger partial charge in [0.1, 0.15) is 17.5 Å². The Balaban J connectivity index is 1.67. The molecule has 144 valence electrons. The summed E-state index contributed by atoms with van der Waals surface area (Å²) in [6.07, 6.45) is 4.56. The number of rotatable bonds is 4. The molecule has 0 atom stereocenters. The summed E-state index contributed by atoms with van der Waals surface area (Å²) in [5, 5.41) is 29.9. The van der Waals surface area contributed by atoms with Crippen molar-refractivity contribution in [2.24, 2.45) is 10.2 Å². The minimum atomic E-state index is 0.221. The van der Waals surface area contributed by atoms with Crippen LogP contribution in [0.1, 0.15) is 11.4 Å². The predicted octanol–water partition coefficient (Wildman–Crippen LogP) is 3.30. The predicted molar refractivity (Wildman–Crippen MR) is 106 cm³/mol. The standard InChI is InChI=1S/C19H13N11/c1-12-24-18-16(15(28-30(18)27-12)13-6-3-2-4-7-13)25-26-17-14(10-20)11-23-29(17)19-21-8-5-9-22-19/h2-9,11,28H,1H3. The van der Waals surface area contributed by atoms with Crippen LogP contribution in [-0.4, -0.2) is 39.6 Å². The van der Waals surface area contributed by atoms with E-state index >= 15 is 0 Å². The summed E-state index contributed by atoms with van der Waals surface area (Å²) in [7, 11) is 0. The van der Waals surface area contributed by atoms with Gasteiger partial charge in [0, 0.05) is 18.0 Å². The Kier molecular flexibility index (Phi) is 4.07. The number of nitrogens with zero attached hydrogens (tertiary/aromatic N) is 10. The van der Waals surface area contributed by atoms with Gasteiger partial charge in [-0.2, -0.15) is 19.7 Å². The number of nitriles is 1. The van der Waals surface area contributed by atoms with Crippen molar-refractivity contribution in [3.63, 3.8) is 0 Å². The molecule has 4 aromatic heterocycles. The van der Waals surface area contributed by atoms with Crippen LogP contribution in [0.4, 0.5) is 11.5 Å². The van der Waals surface area contributed by atoms with Gasteiger partial charge in [-0.05, 0) is 13.0 Å². The minimum Gasteiger partial charge on any atom is -0.273 e. The zero-order chi connectivity index (χ0) is 20.5. The summed E-state index contributed by atoms with van der Waals surface area (Å²) in [5.74, 6) is 1.10. The topological polar surface area (TPSA) is 138 Å².